The first-order chi connectivity index (χ1) is 28.5. The first kappa shape index (κ1) is 42.9. The third-order valence-corrected chi connectivity index (χ3v) is 16.3. The van der Waals surface area contributed by atoms with Crippen molar-refractivity contribution in [2.24, 2.45) is 0 Å². The molecule has 0 bridgehead atoms. The van der Waals surface area contributed by atoms with Crippen molar-refractivity contribution in [2.45, 2.75) is 94.9 Å². The lowest BCUT2D eigenvalue weighted by Crippen LogP contribution is -2.66. The first-order valence-electron chi connectivity index (χ1n) is 20.7. The highest BCUT2D eigenvalue weighted by molar-refractivity contribution is 6.99. The minimum absolute atomic E-state index is 0.111. The number of nitrogens with zero attached hydrogens (tertiary/aromatic N) is 1. The van der Waals surface area contributed by atoms with E-state index in [1.807, 2.05) is 97.1 Å². The number of hydrogen-bond donors (Lipinski definition) is 3. The molecule has 2 fully saturated rings. The monoisotopic (exact) mass is 812 g/mol. The van der Waals surface area contributed by atoms with Crippen LogP contribution in [-0.2, 0) is 41.2 Å². The third-order valence-electron chi connectivity index (χ3n) is 11.3. The first-order valence-corrected chi connectivity index (χ1v) is 22.6. The molecule has 0 aliphatic carbocycles. The van der Waals surface area contributed by atoms with Crippen LogP contribution in [0.4, 0.5) is 0 Å². The van der Waals surface area contributed by atoms with E-state index in [9.17, 15) is 24.0 Å². The van der Waals surface area contributed by atoms with Gasteiger partial charge in [0.05, 0.1) is 0 Å². The highest BCUT2D eigenvalue weighted by Gasteiger charge is 2.50. The van der Waals surface area contributed by atoms with E-state index < -0.39 is 50.2 Å². The predicted molar refractivity (Wildman–Crippen MR) is 232 cm³/mol. The average Bonchev–Trinajstić information content (AvgIpc) is 3.74. The highest BCUT2D eigenvalue weighted by Crippen LogP contribution is 2.36. The molecular formula is C48H56N4O6Si. The third kappa shape index (κ3) is 10.7. The number of hydrogen-bond acceptors (Lipinski definition) is 6. The summed E-state index contributed by atoms with van der Waals surface area (Å²) in [5.41, 5.74) is 1.69. The summed E-state index contributed by atoms with van der Waals surface area (Å²) in [5.74, 6) is -1.85. The molecule has 6 rings (SSSR count). The number of amides is 4. The highest BCUT2D eigenvalue weighted by atomic mass is 28.4. The molecule has 4 atom stereocenters. The summed E-state index contributed by atoms with van der Waals surface area (Å²) in [6.07, 6.45) is 5.37. The maximum atomic E-state index is 14.1. The summed E-state index contributed by atoms with van der Waals surface area (Å²) >= 11 is 0. The standard InChI is InChI=1S/C48H56N4O6Si/c1-48(2,3)59(38-24-12-6-13-25-38,39-26-14-7-15-27-39)58-32-30-37(53)23-16-17-28-40-44(54)50-41(33-35-19-8-4-9-20-35)45(55)51-42(34-36-21-10-5-11-22-36)47(57)52-31-18-29-43(52)46(56)49-40/h4-16,19-27,40-43H,17-18,28-34H2,1-3H3,(H,49,56)(H,50,54)(H,51,55)/b23-16+/t40-,41-,42-,43+/m0/s1. The molecule has 4 aromatic carbocycles. The second-order valence-electron chi connectivity index (χ2n) is 16.5. The molecule has 2 aliphatic rings. The van der Waals surface area contributed by atoms with Gasteiger partial charge in [-0.05, 0) is 58.3 Å². The van der Waals surface area contributed by atoms with Crippen molar-refractivity contribution in [1.82, 2.24) is 20.9 Å². The molecule has 11 heteroatoms. The Bertz CT molecular complexity index is 2030. The minimum Gasteiger partial charge on any atom is -0.407 e. The Balaban J connectivity index is 1.16. The topological polar surface area (TPSA) is 134 Å². The zero-order valence-electron chi connectivity index (χ0n) is 34.3. The van der Waals surface area contributed by atoms with Gasteiger partial charge < -0.3 is 25.3 Å². The number of carbonyl (C=O) groups excluding carboxylic acids is 5. The van der Waals surface area contributed by atoms with Crippen molar-refractivity contribution in [3.63, 3.8) is 0 Å². The molecular weight excluding hydrogens is 757 g/mol. The zero-order chi connectivity index (χ0) is 41.8. The van der Waals surface area contributed by atoms with Crippen LogP contribution in [-0.4, -0.2) is 79.9 Å². The molecule has 2 saturated heterocycles. The maximum absolute atomic E-state index is 14.1. The largest absolute Gasteiger partial charge is 0.407 e. The number of carbonyl (C=O) groups is 5. The fourth-order valence-electron chi connectivity index (χ4n) is 8.32. The van der Waals surface area contributed by atoms with Crippen LogP contribution in [0.1, 0.15) is 64.0 Å². The second-order valence-corrected chi connectivity index (χ2v) is 20.8. The summed E-state index contributed by atoms with van der Waals surface area (Å²) < 4.78 is 6.89. The van der Waals surface area contributed by atoms with Gasteiger partial charge in [-0.2, -0.15) is 0 Å². The van der Waals surface area contributed by atoms with Crippen molar-refractivity contribution >= 4 is 48.1 Å². The van der Waals surface area contributed by atoms with Gasteiger partial charge >= 0.3 is 0 Å². The predicted octanol–water partition coefficient (Wildman–Crippen LogP) is 4.80. The lowest BCUT2D eigenvalue weighted by Gasteiger charge is -2.43. The fourth-order valence-corrected chi connectivity index (χ4v) is 12.9. The van der Waals surface area contributed by atoms with Gasteiger partial charge in [0.1, 0.15) is 24.2 Å². The molecule has 0 spiro atoms. The van der Waals surface area contributed by atoms with Crippen LogP contribution in [0.3, 0.4) is 0 Å². The van der Waals surface area contributed by atoms with E-state index in [-0.39, 0.29) is 49.0 Å². The number of ketones is 1. The van der Waals surface area contributed by atoms with E-state index in [2.05, 4.69) is 61.0 Å². The second kappa shape index (κ2) is 19.9. The molecule has 308 valence electrons. The molecule has 0 aromatic heterocycles. The van der Waals surface area contributed by atoms with Crippen LogP contribution in [0.15, 0.2) is 133 Å². The van der Waals surface area contributed by atoms with Crippen LogP contribution in [0, 0.1) is 0 Å². The van der Waals surface area contributed by atoms with Gasteiger partial charge in [-0.3, -0.25) is 24.0 Å². The van der Waals surface area contributed by atoms with Crippen molar-refractivity contribution in [3.05, 3.63) is 145 Å². The van der Waals surface area contributed by atoms with Crippen LogP contribution in [0.5, 0.6) is 0 Å². The van der Waals surface area contributed by atoms with Crippen LogP contribution >= 0.6 is 0 Å². The summed E-state index contributed by atoms with van der Waals surface area (Å²) in [4.78, 5) is 70.9. The Morgan fingerprint density at radius 3 is 1.75 bits per heavy atom. The molecule has 2 aliphatic heterocycles. The van der Waals surface area contributed by atoms with Crippen LogP contribution in [0.25, 0.3) is 0 Å². The fraction of sp³-hybridized carbons (Fsp3) is 0.354. The SMILES string of the molecule is CC(C)(C)[Si](OCCC(=O)/C=C/CC[C@@H]1NC(=O)[C@H]2CCCN2C(=O)[C@H](Cc2ccccc2)NC(=O)[C@H](Cc2ccccc2)NC1=O)(c1ccccc1)c1ccccc1. The molecule has 0 unspecified atom stereocenters. The number of benzene rings is 4. The Morgan fingerprint density at radius 2 is 1.19 bits per heavy atom. The zero-order valence-corrected chi connectivity index (χ0v) is 35.3. The molecule has 0 radical (unpaired) electrons. The number of allylic oxidation sites excluding steroid dienone is 2. The van der Waals surface area contributed by atoms with Crippen molar-refractivity contribution in [2.75, 3.05) is 13.2 Å². The van der Waals surface area contributed by atoms with Gasteiger partial charge in [0, 0.05) is 32.4 Å². The molecule has 0 saturated carbocycles. The molecule has 59 heavy (non-hydrogen) atoms. The lowest BCUT2D eigenvalue weighted by molar-refractivity contribution is -0.143. The smallest absolute Gasteiger partial charge is 0.261 e. The normalized spacial score (nSPS) is 20.6. The summed E-state index contributed by atoms with van der Waals surface area (Å²) in [6.45, 7) is 7.19. The molecule has 10 nitrogen and oxygen atoms in total. The van der Waals surface area contributed by atoms with Gasteiger partial charge in [-0.25, -0.2) is 0 Å². The van der Waals surface area contributed by atoms with Gasteiger partial charge in [0.2, 0.25) is 23.6 Å². The number of rotatable bonds is 14. The van der Waals surface area contributed by atoms with Crippen LogP contribution < -0.4 is 26.3 Å². The lowest BCUT2D eigenvalue weighted by atomic mass is 10.0. The van der Waals surface area contributed by atoms with Gasteiger partial charge in [0.15, 0.2) is 5.78 Å². The summed E-state index contributed by atoms with van der Waals surface area (Å²) in [5, 5.41) is 10.8. The van der Waals surface area contributed by atoms with Crippen molar-refractivity contribution in [1.29, 1.82) is 0 Å². The van der Waals surface area contributed by atoms with E-state index >= 15 is 0 Å². The average molecular weight is 813 g/mol. The molecule has 3 N–H and O–H groups in total. The van der Waals surface area contributed by atoms with Crippen LogP contribution in [0.2, 0.25) is 5.04 Å². The summed E-state index contributed by atoms with van der Waals surface area (Å²) in [6, 6.07) is 35.6. The van der Waals surface area contributed by atoms with E-state index in [1.54, 1.807) is 11.0 Å². The van der Waals surface area contributed by atoms with Gasteiger partial charge in [0.25, 0.3) is 8.32 Å². The number of nitrogens with one attached hydrogen (secondary N) is 3. The van der Waals surface area contributed by atoms with Crippen molar-refractivity contribution < 1.29 is 28.4 Å². The Labute approximate surface area is 348 Å². The minimum atomic E-state index is -2.80. The van der Waals surface area contributed by atoms with Gasteiger partial charge in [-0.1, -0.05) is 148 Å². The summed E-state index contributed by atoms with van der Waals surface area (Å²) in [7, 11) is -2.80. The molecule has 2 heterocycles. The Kier molecular flexibility index (Phi) is 14.5. The number of fused-ring (bicyclic) bond motifs is 1. The Morgan fingerprint density at radius 1 is 0.695 bits per heavy atom. The maximum Gasteiger partial charge on any atom is 0.261 e. The quantitative estimate of drug-likeness (QED) is 0.124. The molecule has 4 aromatic rings. The Hall–Kier alpha value is -5.65. The van der Waals surface area contributed by atoms with E-state index in [1.165, 1.54) is 6.08 Å². The van der Waals surface area contributed by atoms with E-state index in [0.717, 1.165) is 21.5 Å². The van der Waals surface area contributed by atoms with E-state index in [0.29, 0.717) is 25.8 Å². The van der Waals surface area contributed by atoms with Crippen molar-refractivity contribution in [3.8, 4) is 0 Å². The molecule has 4 amide bonds. The van der Waals surface area contributed by atoms with Gasteiger partial charge in [-0.15, -0.1) is 0 Å². The van der Waals surface area contributed by atoms with E-state index in [4.69, 9.17) is 4.43 Å².